The van der Waals surface area contributed by atoms with Crippen LogP contribution in [0.15, 0.2) is 18.2 Å². The summed E-state index contributed by atoms with van der Waals surface area (Å²) in [4.78, 5) is 12.5. The fourth-order valence-corrected chi connectivity index (χ4v) is 2.69. The molecule has 1 atom stereocenters. The molecule has 0 saturated carbocycles. The zero-order valence-electron chi connectivity index (χ0n) is 11.5. The van der Waals surface area contributed by atoms with Crippen molar-refractivity contribution in [1.82, 2.24) is 5.32 Å². The van der Waals surface area contributed by atoms with Crippen molar-refractivity contribution in [2.45, 2.75) is 38.1 Å². The summed E-state index contributed by atoms with van der Waals surface area (Å²) in [5, 5.41) is 14.9. The van der Waals surface area contributed by atoms with E-state index in [2.05, 4.69) is 10.6 Å². The average molecular weight is 275 g/mol. The maximum atomic E-state index is 13.3. The highest BCUT2D eigenvalue weighted by atomic mass is 19.1. The number of hydrogen-bond donors (Lipinski definition) is 2. The molecule has 0 spiro atoms. The summed E-state index contributed by atoms with van der Waals surface area (Å²) in [5.74, 6) is -0.680. The number of nitrogens with one attached hydrogen (secondary N) is 2. The molecule has 0 aromatic heterocycles. The van der Waals surface area contributed by atoms with Crippen LogP contribution in [-0.4, -0.2) is 18.0 Å². The molecule has 5 heteroatoms. The molecule has 1 amide bonds. The smallest absolute Gasteiger partial charge is 0.244 e. The highest BCUT2D eigenvalue weighted by Crippen LogP contribution is 2.26. The van der Waals surface area contributed by atoms with Crippen LogP contribution in [0.2, 0.25) is 0 Å². The van der Waals surface area contributed by atoms with E-state index in [4.69, 9.17) is 5.26 Å². The Morgan fingerprint density at radius 2 is 2.40 bits per heavy atom. The van der Waals surface area contributed by atoms with Crippen molar-refractivity contribution in [3.8, 4) is 6.07 Å². The molecule has 0 aliphatic carbocycles. The summed E-state index contributed by atoms with van der Waals surface area (Å²) in [6, 6.07) is 5.81. The van der Waals surface area contributed by atoms with Crippen LogP contribution in [0.1, 0.15) is 38.2 Å². The second-order valence-corrected chi connectivity index (χ2v) is 5.12. The van der Waals surface area contributed by atoms with Gasteiger partial charge in [0.1, 0.15) is 11.9 Å². The highest BCUT2D eigenvalue weighted by Gasteiger charge is 2.39. The highest BCUT2D eigenvalue weighted by molar-refractivity contribution is 5.98. The number of anilines is 1. The zero-order valence-corrected chi connectivity index (χ0v) is 11.5. The van der Waals surface area contributed by atoms with Gasteiger partial charge in [0.05, 0.1) is 11.1 Å². The van der Waals surface area contributed by atoms with Crippen molar-refractivity contribution >= 4 is 11.6 Å². The van der Waals surface area contributed by atoms with Gasteiger partial charge in [0.15, 0.2) is 0 Å². The van der Waals surface area contributed by atoms with Crippen molar-refractivity contribution in [3.63, 3.8) is 0 Å². The van der Waals surface area contributed by atoms with E-state index in [1.165, 1.54) is 18.2 Å². The Kier molecular flexibility index (Phi) is 4.35. The Labute approximate surface area is 118 Å². The third-order valence-corrected chi connectivity index (χ3v) is 3.70. The number of halogens is 1. The first-order valence-electron chi connectivity index (χ1n) is 6.87. The normalized spacial score (nSPS) is 21.4. The first-order valence-corrected chi connectivity index (χ1v) is 6.87. The molecular formula is C15H18FN3O. The number of nitriles is 1. The van der Waals surface area contributed by atoms with Gasteiger partial charge < -0.3 is 10.6 Å². The molecular weight excluding hydrogens is 257 g/mol. The van der Waals surface area contributed by atoms with E-state index in [0.717, 1.165) is 32.2 Å². The van der Waals surface area contributed by atoms with Crippen molar-refractivity contribution in [3.05, 3.63) is 29.6 Å². The quantitative estimate of drug-likeness (QED) is 0.887. The molecule has 20 heavy (non-hydrogen) atoms. The van der Waals surface area contributed by atoms with E-state index in [1.807, 2.05) is 6.92 Å². The van der Waals surface area contributed by atoms with Crippen LogP contribution in [0.25, 0.3) is 0 Å². The molecule has 0 radical (unpaired) electrons. The molecule has 1 aromatic rings. The van der Waals surface area contributed by atoms with Gasteiger partial charge in [-0.15, -0.1) is 0 Å². The number of rotatable bonds is 4. The maximum absolute atomic E-state index is 13.3. The predicted molar refractivity (Wildman–Crippen MR) is 74.6 cm³/mol. The SMILES string of the molecule is CCCC1(C(=O)Nc2ccc(F)c(C#N)c2)CCCN1. The third-order valence-electron chi connectivity index (χ3n) is 3.70. The van der Waals surface area contributed by atoms with Gasteiger partial charge in [-0.2, -0.15) is 5.26 Å². The van der Waals surface area contributed by atoms with Crippen LogP contribution >= 0.6 is 0 Å². The van der Waals surface area contributed by atoms with Gasteiger partial charge in [0.25, 0.3) is 0 Å². The van der Waals surface area contributed by atoms with Crippen LogP contribution in [0.5, 0.6) is 0 Å². The van der Waals surface area contributed by atoms with E-state index in [9.17, 15) is 9.18 Å². The lowest BCUT2D eigenvalue weighted by molar-refractivity contribution is -0.122. The van der Waals surface area contributed by atoms with Crippen LogP contribution in [0.4, 0.5) is 10.1 Å². The third kappa shape index (κ3) is 2.81. The number of benzene rings is 1. The summed E-state index contributed by atoms with van der Waals surface area (Å²) in [6.07, 6.45) is 3.46. The molecule has 2 rings (SSSR count). The molecule has 4 nitrogen and oxygen atoms in total. The second-order valence-electron chi connectivity index (χ2n) is 5.12. The largest absolute Gasteiger partial charge is 0.324 e. The predicted octanol–water partition coefficient (Wildman–Crippen LogP) is 2.56. The van der Waals surface area contributed by atoms with Crippen molar-refractivity contribution in [1.29, 1.82) is 5.26 Å². The summed E-state index contributed by atoms with van der Waals surface area (Å²) >= 11 is 0. The fourth-order valence-electron chi connectivity index (χ4n) is 2.69. The lowest BCUT2D eigenvalue weighted by Crippen LogP contribution is -2.50. The van der Waals surface area contributed by atoms with Gasteiger partial charge >= 0.3 is 0 Å². The van der Waals surface area contributed by atoms with Crippen LogP contribution in [0, 0.1) is 17.1 Å². The van der Waals surface area contributed by atoms with Crippen LogP contribution in [-0.2, 0) is 4.79 Å². The van der Waals surface area contributed by atoms with Gasteiger partial charge in [0.2, 0.25) is 5.91 Å². The molecule has 1 unspecified atom stereocenters. The van der Waals surface area contributed by atoms with E-state index in [0.29, 0.717) is 5.69 Å². The average Bonchev–Trinajstić information content (AvgIpc) is 2.91. The lowest BCUT2D eigenvalue weighted by Gasteiger charge is -2.27. The Morgan fingerprint density at radius 3 is 3.00 bits per heavy atom. The molecule has 1 heterocycles. The van der Waals surface area contributed by atoms with Gasteiger partial charge in [0, 0.05) is 5.69 Å². The van der Waals surface area contributed by atoms with Gasteiger partial charge in [-0.1, -0.05) is 13.3 Å². The minimum absolute atomic E-state index is 0.0632. The van der Waals surface area contributed by atoms with Crippen LogP contribution in [0.3, 0.4) is 0 Å². The number of nitrogens with zero attached hydrogens (tertiary/aromatic N) is 1. The van der Waals surface area contributed by atoms with Gasteiger partial charge in [-0.25, -0.2) is 4.39 Å². The van der Waals surface area contributed by atoms with Gasteiger partial charge in [-0.05, 0) is 44.0 Å². The molecule has 2 N–H and O–H groups in total. The number of carbonyl (C=O) groups excluding carboxylic acids is 1. The summed E-state index contributed by atoms with van der Waals surface area (Å²) in [5.41, 5.74) is -0.139. The second kappa shape index (κ2) is 6.02. The van der Waals surface area contributed by atoms with E-state index in [-0.39, 0.29) is 11.5 Å². The number of amides is 1. The molecule has 1 aromatic carbocycles. The van der Waals surface area contributed by atoms with Crippen molar-refractivity contribution < 1.29 is 9.18 Å². The molecule has 0 bridgehead atoms. The molecule has 106 valence electrons. The molecule has 1 saturated heterocycles. The first-order chi connectivity index (χ1) is 9.61. The lowest BCUT2D eigenvalue weighted by atomic mass is 9.90. The fraction of sp³-hybridized carbons (Fsp3) is 0.467. The standard InChI is InChI=1S/C15H18FN3O/c1-2-6-15(7-3-8-18-15)14(20)19-12-4-5-13(16)11(9-12)10-17/h4-5,9,18H,2-3,6-8H2,1H3,(H,19,20). The van der Waals surface area contributed by atoms with Crippen LogP contribution < -0.4 is 10.6 Å². The minimum Gasteiger partial charge on any atom is -0.324 e. The molecule has 1 fully saturated rings. The molecule has 1 aliphatic rings. The Balaban J connectivity index is 2.16. The summed E-state index contributed by atoms with van der Waals surface area (Å²) in [6.45, 7) is 2.88. The van der Waals surface area contributed by atoms with E-state index in [1.54, 1.807) is 6.07 Å². The zero-order chi connectivity index (χ0) is 14.6. The van der Waals surface area contributed by atoms with Crippen molar-refractivity contribution in [2.75, 3.05) is 11.9 Å². The van der Waals surface area contributed by atoms with E-state index < -0.39 is 11.4 Å². The Hall–Kier alpha value is -1.93. The molecule has 1 aliphatic heterocycles. The summed E-state index contributed by atoms with van der Waals surface area (Å²) in [7, 11) is 0. The Morgan fingerprint density at radius 1 is 1.60 bits per heavy atom. The van der Waals surface area contributed by atoms with E-state index >= 15 is 0 Å². The van der Waals surface area contributed by atoms with Crippen molar-refractivity contribution in [2.24, 2.45) is 0 Å². The monoisotopic (exact) mass is 275 g/mol. The summed E-state index contributed by atoms with van der Waals surface area (Å²) < 4.78 is 13.3. The Bertz CT molecular complexity index is 545. The number of carbonyl (C=O) groups is 1. The minimum atomic E-state index is -0.576. The first kappa shape index (κ1) is 14.5. The topological polar surface area (TPSA) is 64.9 Å². The van der Waals surface area contributed by atoms with Gasteiger partial charge in [-0.3, -0.25) is 4.79 Å². The maximum Gasteiger partial charge on any atom is 0.244 e. The number of hydrogen-bond acceptors (Lipinski definition) is 3.